The number of carboxylic acid groups (broad SMARTS) is 1. The van der Waals surface area contributed by atoms with E-state index in [0.29, 0.717) is 6.42 Å². The van der Waals surface area contributed by atoms with Crippen molar-refractivity contribution < 1.29 is 20.2 Å². The summed E-state index contributed by atoms with van der Waals surface area (Å²) in [5.74, 6) is -0.659. The van der Waals surface area contributed by atoms with Crippen molar-refractivity contribution in [3.05, 3.63) is 10.1 Å². The maximum atomic E-state index is 10.2. The van der Waals surface area contributed by atoms with E-state index in [9.17, 15) is 4.79 Å². The van der Waals surface area contributed by atoms with Crippen LogP contribution in [0.15, 0.2) is 0 Å². The highest BCUT2D eigenvalue weighted by Gasteiger charge is 1.96. The SMILES string of the molecule is CCCCCCCCCCCC(=O)O.O=[N+]([O-])O. The Bertz CT molecular complexity index is 205. The van der Waals surface area contributed by atoms with Crippen molar-refractivity contribution in [2.24, 2.45) is 0 Å². The first kappa shape index (κ1) is 19.0. The van der Waals surface area contributed by atoms with E-state index in [1.54, 1.807) is 0 Å². The molecule has 0 spiro atoms. The lowest BCUT2D eigenvalue weighted by Crippen LogP contribution is -1.93. The zero-order valence-corrected chi connectivity index (χ0v) is 11.1. The quantitative estimate of drug-likeness (QED) is 0.356. The first-order valence-electron chi connectivity index (χ1n) is 6.55. The van der Waals surface area contributed by atoms with Crippen LogP contribution in [-0.4, -0.2) is 21.4 Å². The molecule has 0 aromatic rings. The number of hydrogen-bond donors (Lipinski definition) is 2. The van der Waals surface area contributed by atoms with Crippen molar-refractivity contribution in [2.45, 2.75) is 71.1 Å². The van der Waals surface area contributed by atoms with Gasteiger partial charge >= 0.3 is 5.97 Å². The second-order valence-electron chi connectivity index (χ2n) is 4.21. The van der Waals surface area contributed by atoms with Gasteiger partial charge in [0.15, 0.2) is 0 Å². The second kappa shape index (κ2) is 15.7. The molecule has 18 heavy (non-hydrogen) atoms. The van der Waals surface area contributed by atoms with Crippen LogP contribution >= 0.6 is 0 Å². The molecule has 108 valence electrons. The molecule has 0 aliphatic heterocycles. The first-order valence-corrected chi connectivity index (χ1v) is 6.55. The van der Waals surface area contributed by atoms with Crippen LogP contribution in [0.3, 0.4) is 0 Å². The molecule has 0 aliphatic carbocycles. The zero-order valence-electron chi connectivity index (χ0n) is 11.1. The molecule has 0 heterocycles. The van der Waals surface area contributed by atoms with Crippen molar-refractivity contribution in [1.29, 1.82) is 0 Å². The van der Waals surface area contributed by atoms with E-state index in [1.165, 1.54) is 44.9 Å². The van der Waals surface area contributed by atoms with Gasteiger partial charge in [-0.15, -0.1) is 10.1 Å². The Kier molecular flexibility index (Phi) is 16.6. The summed E-state index contributed by atoms with van der Waals surface area (Å²) in [6, 6.07) is 0. The van der Waals surface area contributed by atoms with Crippen LogP contribution in [-0.2, 0) is 4.79 Å². The highest BCUT2D eigenvalue weighted by Crippen LogP contribution is 2.10. The summed E-state index contributed by atoms with van der Waals surface area (Å²) in [5, 5.41) is 22.1. The lowest BCUT2D eigenvalue weighted by atomic mass is 10.1. The molecule has 0 unspecified atom stereocenters. The number of rotatable bonds is 10. The van der Waals surface area contributed by atoms with Gasteiger partial charge in [-0.2, -0.15) is 0 Å². The first-order chi connectivity index (χ1) is 8.50. The molecule has 6 heteroatoms. The molecule has 0 rings (SSSR count). The Labute approximate surface area is 108 Å². The Morgan fingerprint density at radius 2 is 1.33 bits per heavy atom. The monoisotopic (exact) mass is 263 g/mol. The van der Waals surface area contributed by atoms with Gasteiger partial charge < -0.3 is 10.3 Å². The molecule has 0 aromatic carbocycles. The van der Waals surface area contributed by atoms with Gasteiger partial charge in [-0.1, -0.05) is 58.3 Å². The molecular formula is C12H25NO5. The maximum Gasteiger partial charge on any atom is 0.303 e. The normalized spacial score (nSPS) is 9.39. The van der Waals surface area contributed by atoms with Crippen LogP contribution < -0.4 is 0 Å². The summed E-state index contributed by atoms with van der Waals surface area (Å²) >= 11 is 0. The van der Waals surface area contributed by atoms with Crippen molar-refractivity contribution in [3.8, 4) is 0 Å². The fourth-order valence-electron chi connectivity index (χ4n) is 1.59. The molecule has 0 radical (unpaired) electrons. The predicted octanol–water partition coefficient (Wildman–Crippen LogP) is 3.64. The van der Waals surface area contributed by atoms with E-state index in [-0.39, 0.29) is 0 Å². The summed E-state index contributed by atoms with van der Waals surface area (Å²) in [6.07, 6.45) is 11.5. The highest BCUT2D eigenvalue weighted by molar-refractivity contribution is 5.66. The van der Waals surface area contributed by atoms with Crippen LogP contribution in [0.25, 0.3) is 0 Å². The van der Waals surface area contributed by atoms with E-state index in [0.717, 1.165) is 12.8 Å². The molecule has 0 saturated heterocycles. The summed E-state index contributed by atoms with van der Waals surface area (Å²) in [4.78, 5) is 18.6. The van der Waals surface area contributed by atoms with Crippen molar-refractivity contribution in [2.75, 3.05) is 0 Å². The zero-order chi connectivity index (χ0) is 14.2. The number of carbonyl (C=O) groups is 1. The molecule has 0 atom stereocenters. The third-order valence-electron chi connectivity index (χ3n) is 2.49. The number of hydrogen-bond acceptors (Lipinski definition) is 3. The van der Waals surface area contributed by atoms with Gasteiger partial charge in [-0.05, 0) is 6.42 Å². The third-order valence-corrected chi connectivity index (χ3v) is 2.49. The van der Waals surface area contributed by atoms with Crippen molar-refractivity contribution >= 4 is 5.97 Å². The van der Waals surface area contributed by atoms with Crippen molar-refractivity contribution in [3.63, 3.8) is 0 Å². The lowest BCUT2D eigenvalue weighted by Gasteiger charge is -2.00. The molecule has 6 nitrogen and oxygen atoms in total. The largest absolute Gasteiger partial charge is 0.481 e. The minimum atomic E-state index is -1.50. The van der Waals surface area contributed by atoms with E-state index < -0.39 is 11.1 Å². The van der Waals surface area contributed by atoms with E-state index in [2.05, 4.69) is 6.92 Å². The maximum absolute atomic E-state index is 10.2. The van der Waals surface area contributed by atoms with E-state index in [1.807, 2.05) is 0 Å². The minimum absolute atomic E-state index is 0.343. The third kappa shape index (κ3) is 29.3. The van der Waals surface area contributed by atoms with Gasteiger partial charge in [0.2, 0.25) is 0 Å². The molecule has 0 amide bonds. The second-order valence-corrected chi connectivity index (χ2v) is 4.21. The molecule has 0 aromatic heterocycles. The average Bonchev–Trinajstić information content (AvgIpc) is 2.26. The molecule has 0 saturated carbocycles. The standard InChI is InChI=1S/C12H24O2.HNO3/c1-2-3-4-5-6-7-8-9-10-11-12(13)14;2-1(3)4/h2-11H2,1H3,(H,13,14);(H,2,3,4). The van der Waals surface area contributed by atoms with Gasteiger partial charge in [0, 0.05) is 6.42 Å². The van der Waals surface area contributed by atoms with Crippen LogP contribution in [0.1, 0.15) is 71.1 Å². The van der Waals surface area contributed by atoms with Gasteiger partial charge in [0.25, 0.3) is 5.09 Å². The number of carboxylic acids is 1. The fourth-order valence-corrected chi connectivity index (χ4v) is 1.59. The Morgan fingerprint density at radius 1 is 1.00 bits per heavy atom. The summed E-state index contributed by atoms with van der Waals surface area (Å²) in [7, 11) is 0. The molecule has 0 fully saturated rings. The number of aliphatic carboxylic acids is 1. The topological polar surface area (TPSA) is 101 Å². The summed E-state index contributed by atoms with van der Waals surface area (Å²) in [6.45, 7) is 2.23. The predicted molar refractivity (Wildman–Crippen MR) is 68.3 cm³/mol. The van der Waals surface area contributed by atoms with Crippen LogP contribution in [0.5, 0.6) is 0 Å². The smallest absolute Gasteiger partial charge is 0.303 e. The minimum Gasteiger partial charge on any atom is -0.481 e. The van der Waals surface area contributed by atoms with Crippen molar-refractivity contribution in [1.82, 2.24) is 0 Å². The Balaban J connectivity index is 0. The summed E-state index contributed by atoms with van der Waals surface area (Å²) in [5.41, 5.74) is 0. The van der Waals surface area contributed by atoms with Gasteiger partial charge in [-0.25, -0.2) is 0 Å². The highest BCUT2D eigenvalue weighted by atomic mass is 16.9. The number of unbranched alkanes of at least 4 members (excludes halogenated alkanes) is 8. The summed E-state index contributed by atoms with van der Waals surface area (Å²) < 4.78 is 0. The van der Waals surface area contributed by atoms with Crippen LogP contribution in [0, 0.1) is 10.1 Å². The van der Waals surface area contributed by atoms with Crippen LogP contribution in [0.4, 0.5) is 0 Å². The van der Waals surface area contributed by atoms with Gasteiger partial charge in [0.05, 0.1) is 0 Å². The molecule has 0 aliphatic rings. The van der Waals surface area contributed by atoms with Crippen LogP contribution in [0.2, 0.25) is 0 Å². The fraction of sp³-hybridized carbons (Fsp3) is 0.917. The van der Waals surface area contributed by atoms with E-state index >= 15 is 0 Å². The average molecular weight is 263 g/mol. The Morgan fingerprint density at radius 3 is 1.67 bits per heavy atom. The molecular weight excluding hydrogens is 238 g/mol. The van der Waals surface area contributed by atoms with E-state index in [4.69, 9.17) is 20.4 Å². The lowest BCUT2D eigenvalue weighted by molar-refractivity contribution is -0.742. The molecule has 2 N–H and O–H groups in total. The Hall–Kier alpha value is -1.33. The molecule has 0 bridgehead atoms. The van der Waals surface area contributed by atoms with Gasteiger partial charge in [-0.3, -0.25) is 4.79 Å². The number of nitrogens with zero attached hydrogens (tertiary/aromatic N) is 1. The van der Waals surface area contributed by atoms with Gasteiger partial charge in [0.1, 0.15) is 0 Å².